The molecule has 0 radical (unpaired) electrons. The zero-order valence-corrected chi connectivity index (χ0v) is 9.78. The third kappa shape index (κ3) is 3.47. The number of aromatic nitrogens is 2. The van der Waals surface area contributed by atoms with Crippen molar-refractivity contribution in [3.05, 3.63) is 22.4 Å². The number of rotatable bonds is 5. The molecule has 0 aliphatic rings. The molecule has 94 valence electrons. The molecule has 0 unspecified atom stereocenters. The molecule has 0 spiro atoms. The molecule has 0 aliphatic heterocycles. The Hall–Kier alpha value is -2.05. The fraction of sp³-hybridized carbons (Fsp3) is 0.500. The maximum atomic E-state index is 11.9. The highest BCUT2D eigenvalue weighted by molar-refractivity contribution is 5.94. The molecule has 0 bridgehead atoms. The topological polar surface area (TPSA) is 95.3 Å². The van der Waals surface area contributed by atoms with Crippen molar-refractivity contribution in [2.45, 2.75) is 13.8 Å². The van der Waals surface area contributed by atoms with E-state index in [1.165, 1.54) is 11.1 Å². The van der Waals surface area contributed by atoms with Crippen LogP contribution in [0, 0.1) is 0 Å². The Labute approximate surface area is 97.8 Å². The van der Waals surface area contributed by atoms with Crippen molar-refractivity contribution < 1.29 is 14.3 Å². The summed E-state index contributed by atoms with van der Waals surface area (Å²) in [7, 11) is 0. The normalized spacial score (nSPS) is 10.0. The van der Waals surface area contributed by atoms with Crippen LogP contribution in [0.15, 0.2) is 11.0 Å². The van der Waals surface area contributed by atoms with E-state index in [9.17, 15) is 14.4 Å². The molecular formula is C10H15N3O4. The van der Waals surface area contributed by atoms with Crippen molar-refractivity contribution >= 4 is 11.9 Å². The van der Waals surface area contributed by atoms with Gasteiger partial charge in [-0.3, -0.25) is 9.59 Å². The minimum atomic E-state index is -0.472. The fourth-order valence-corrected chi connectivity index (χ4v) is 1.31. The van der Waals surface area contributed by atoms with Gasteiger partial charge in [0, 0.05) is 12.7 Å². The summed E-state index contributed by atoms with van der Waals surface area (Å²) < 4.78 is 4.75. The first kappa shape index (κ1) is 13.0. The Balaban J connectivity index is 2.70. The number of nitrogens with zero attached hydrogens (tertiary/aromatic N) is 1. The number of H-pyrrole nitrogens is 2. The molecule has 17 heavy (non-hydrogen) atoms. The van der Waals surface area contributed by atoms with Gasteiger partial charge < -0.3 is 19.6 Å². The zero-order valence-electron chi connectivity index (χ0n) is 9.78. The van der Waals surface area contributed by atoms with Gasteiger partial charge in [0.05, 0.1) is 6.61 Å². The van der Waals surface area contributed by atoms with Crippen molar-refractivity contribution in [2.24, 2.45) is 0 Å². The number of esters is 1. The number of aromatic amines is 2. The van der Waals surface area contributed by atoms with Crippen LogP contribution in [0.5, 0.6) is 0 Å². The van der Waals surface area contributed by atoms with Gasteiger partial charge in [-0.05, 0) is 13.8 Å². The molecule has 7 nitrogen and oxygen atoms in total. The summed E-state index contributed by atoms with van der Waals surface area (Å²) in [6, 6.07) is 0. The van der Waals surface area contributed by atoms with Gasteiger partial charge in [-0.15, -0.1) is 0 Å². The van der Waals surface area contributed by atoms with Crippen LogP contribution in [0.3, 0.4) is 0 Å². The number of amides is 1. The summed E-state index contributed by atoms with van der Waals surface area (Å²) in [6.45, 7) is 3.92. The molecule has 0 saturated carbocycles. The van der Waals surface area contributed by atoms with Crippen LogP contribution < -0.4 is 5.69 Å². The molecule has 1 rings (SSSR count). The maximum absolute atomic E-state index is 11.9. The molecule has 0 fully saturated rings. The fourth-order valence-electron chi connectivity index (χ4n) is 1.31. The second-order valence-electron chi connectivity index (χ2n) is 3.28. The van der Waals surface area contributed by atoms with E-state index in [1.54, 1.807) is 13.8 Å². The van der Waals surface area contributed by atoms with Gasteiger partial charge in [0.25, 0.3) is 5.91 Å². The standard InChI is InChI=1S/C10H15N3O4/c1-3-13(6-8(14)17-4-2)9(15)7-5-11-10(16)12-7/h5H,3-4,6H2,1-2H3,(H2,11,12,16). The van der Waals surface area contributed by atoms with Crippen LogP contribution in [0.1, 0.15) is 24.3 Å². The van der Waals surface area contributed by atoms with Gasteiger partial charge >= 0.3 is 11.7 Å². The molecule has 0 saturated heterocycles. The van der Waals surface area contributed by atoms with E-state index >= 15 is 0 Å². The van der Waals surface area contributed by atoms with Crippen LogP contribution in [0.4, 0.5) is 0 Å². The SMILES string of the molecule is CCOC(=O)CN(CC)C(=O)c1c[nH]c(=O)[nH]1. The number of ether oxygens (including phenoxy) is 1. The Morgan fingerprint density at radius 1 is 1.41 bits per heavy atom. The first-order chi connectivity index (χ1) is 8.08. The van der Waals surface area contributed by atoms with Crippen molar-refractivity contribution in [1.29, 1.82) is 0 Å². The van der Waals surface area contributed by atoms with Gasteiger partial charge in [0.2, 0.25) is 0 Å². The molecule has 1 heterocycles. The van der Waals surface area contributed by atoms with E-state index in [4.69, 9.17) is 4.74 Å². The van der Waals surface area contributed by atoms with Crippen LogP contribution in [0.2, 0.25) is 0 Å². The lowest BCUT2D eigenvalue weighted by atomic mass is 10.3. The highest BCUT2D eigenvalue weighted by atomic mass is 16.5. The molecule has 7 heteroatoms. The molecule has 1 amide bonds. The smallest absolute Gasteiger partial charge is 0.325 e. The number of likely N-dealkylation sites (N-methyl/N-ethyl adjacent to an activating group) is 1. The predicted molar refractivity (Wildman–Crippen MR) is 59.6 cm³/mol. The summed E-state index contributed by atoms with van der Waals surface area (Å²) in [5, 5.41) is 0. The van der Waals surface area contributed by atoms with Gasteiger partial charge in [-0.2, -0.15) is 0 Å². The summed E-state index contributed by atoms with van der Waals surface area (Å²) >= 11 is 0. The largest absolute Gasteiger partial charge is 0.465 e. The van der Waals surface area contributed by atoms with E-state index < -0.39 is 17.6 Å². The average molecular weight is 241 g/mol. The van der Waals surface area contributed by atoms with Crippen molar-refractivity contribution in [3.8, 4) is 0 Å². The van der Waals surface area contributed by atoms with Crippen molar-refractivity contribution in [2.75, 3.05) is 19.7 Å². The molecule has 1 aromatic heterocycles. The molecule has 2 N–H and O–H groups in total. The molecule has 1 aromatic rings. The van der Waals surface area contributed by atoms with Gasteiger partial charge in [0.1, 0.15) is 12.2 Å². The quantitative estimate of drug-likeness (QED) is 0.693. The summed E-state index contributed by atoms with van der Waals surface area (Å²) in [5.41, 5.74) is -0.332. The van der Waals surface area contributed by atoms with Crippen LogP contribution >= 0.6 is 0 Å². The Bertz CT molecular complexity index is 448. The lowest BCUT2D eigenvalue weighted by Crippen LogP contribution is -2.36. The van der Waals surface area contributed by atoms with E-state index in [0.29, 0.717) is 6.54 Å². The van der Waals surface area contributed by atoms with E-state index in [-0.39, 0.29) is 18.8 Å². The number of hydrogen-bond acceptors (Lipinski definition) is 4. The molecule has 0 atom stereocenters. The van der Waals surface area contributed by atoms with Gasteiger partial charge in [-0.25, -0.2) is 4.79 Å². The number of hydrogen-bond donors (Lipinski definition) is 2. The lowest BCUT2D eigenvalue weighted by Gasteiger charge is -2.18. The summed E-state index contributed by atoms with van der Waals surface area (Å²) in [5.74, 6) is -0.889. The third-order valence-electron chi connectivity index (χ3n) is 2.12. The van der Waals surface area contributed by atoms with E-state index in [1.807, 2.05) is 0 Å². The number of nitrogens with one attached hydrogen (secondary N) is 2. The monoisotopic (exact) mass is 241 g/mol. The highest BCUT2D eigenvalue weighted by Gasteiger charge is 2.19. The minimum Gasteiger partial charge on any atom is -0.465 e. The number of carbonyl (C=O) groups excluding carboxylic acids is 2. The average Bonchev–Trinajstić information content (AvgIpc) is 2.72. The van der Waals surface area contributed by atoms with Gasteiger partial charge in [0.15, 0.2) is 0 Å². The second-order valence-corrected chi connectivity index (χ2v) is 3.28. The first-order valence-corrected chi connectivity index (χ1v) is 5.31. The summed E-state index contributed by atoms with van der Waals surface area (Å²) in [4.78, 5) is 39.9. The van der Waals surface area contributed by atoms with Crippen molar-refractivity contribution in [3.63, 3.8) is 0 Å². The molecule has 0 aliphatic carbocycles. The van der Waals surface area contributed by atoms with Crippen LogP contribution in [0.25, 0.3) is 0 Å². The minimum absolute atomic E-state index is 0.126. The van der Waals surface area contributed by atoms with Crippen LogP contribution in [-0.4, -0.2) is 46.4 Å². The zero-order chi connectivity index (χ0) is 12.8. The van der Waals surface area contributed by atoms with Gasteiger partial charge in [-0.1, -0.05) is 0 Å². The van der Waals surface area contributed by atoms with E-state index in [0.717, 1.165) is 0 Å². The maximum Gasteiger partial charge on any atom is 0.325 e. The Kier molecular flexibility index (Phi) is 4.50. The third-order valence-corrected chi connectivity index (χ3v) is 2.12. The highest BCUT2D eigenvalue weighted by Crippen LogP contribution is 1.99. The predicted octanol–water partition coefficient (Wildman–Crippen LogP) is -0.272. The number of imidazole rings is 1. The molecular weight excluding hydrogens is 226 g/mol. The lowest BCUT2D eigenvalue weighted by molar-refractivity contribution is -0.143. The number of carbonyl (C=O) groups is 2. The first-order valence-electron chi connectivity index (χ1n) is 5.31. The second kappa shape index (κ2) is 5.88. The Morgan fingerprint density at radius 2 is 2.12 bits per heavy atom. The van der Waals surface area contributed by atoms with Crippen LogP contribution in [-0.2, 0) is 9.53 Å². The van der Waals surface area contributed by atoms with E-state index in [2.05, 4.69) is 9.97 Å². The van der Waals surface area contributed by atoms with Crippen molar-refractivity contribution in [1.82, 2.24) is 14.9 Å². The Morgan fingerprint density at radius 3 is 2.59 bits per heavy atom. The summed E-state index contributed by atoms with van der Waals surface area (Å²) in [6.07, 6.45) is 1.28. The molecule has 0 aromatic carbocycles.